The molecule has 3 aromatic rings. The Morgan fingerprint density at radius 2 is 1.81 bits per heavy atom. The molecule has 5 nitrogen and oxygen atoms in total. The quantitative estimate of drug-likeness (QED) is 0.714. The van der Waals surface area contributed by atoms with Gasteiger partial charge in [-0.3, -0.25) is 9.20 Å². The Kier molecular flexibility index (Phi) is 4.56. The van der Waals surface area contributed by atoms with E-state index < -0.39 is 0 Å². The first-order valence-corrected chi connectivity index (χ1v) is 9.35. The Hall–Kier alpha value is -2.89. The molecule has 0 radical (unpaired) electrons. The summed E-state index contributed by atoms with van der Waals surface area (Å²) < 4.78 is 15.0. The number of benzene rings is 1. The molecule has 0 atom stereocenters. The standard InChI is InChI=1S/C21H23FN4O/c1-3-18-19(26-10-4-5-15(2)20(26)23-18)21(27)25-13-11-24(12-14-25)17-8-6-16(22)7-9-17/h4-10H,3,11-14H2,1-2H3. The largest absolute Gasteiger partial charge is 0.368 e. The molecular weight excluding hydrogens is 343 g/mol. The third-order valence-corrected chi connectivity index (χ3v) is 5.21. The zero-order valence-corrected chi connectivity index (χ0v) is 15.7. The average Bonchev–Trinajstić information content (AvgIpc) is 3.08. The smallest absolute Gasteiger partial charge is 0.272 e. The number of aromatic nitrogens is 2. The molecule has 140 valence electrons. The number of aryl methyl sites for hydroxylation is 2. The lowest BCUT2D eigenvalue weighted by atomic mass is 10.2. The minimum Gasteiger partial charge on any atom is -0.368 e. The summed E-state index contributed by atoms with van der Waals surface area (Å²) in [5.74, 6) is -0.203. The van der Waals surface area contributed by atoms with Crippen LogP contribution in [0.5, 0.6) is 0 Å². The summed E-state index contributed by atoms with van der Waals surface area (Å²) in [5.41, 5.74) is 4.42. The number of rotatable bonds is 3. The van der Waals surface area contributed by atoms with Crippen LogP contribution in [0.4, 0.5) is 10.1 Å². The molecule has 3 heterocycles. The number of carbonyl (C=O) groups is 1. The first kappa shape index (κ1) is 17.5. The van der Waals surface area contributed by atoms with Crippen molar-refractivity contribution in [2.45, 2.75) is 20.3 Å². The summed E-state index contributed by atoms with van der Waals surface area (Å²) >= 11 is 0. The van der Waals surface area contributed by atoms with Gasteiger partial charge in [0.25, 0.3) is 5.91 Å². The molecule has 0 N–H and O–H groups in total. The van der Waals surface area contributed by atoms with E-state index in [1.165, 1.54) is 12.1 Å². The highest BCUT2D eigenvalue weighted by Crippen LogP contribution is 2.21. The number of halogens is 1. The molecule has 0 spiro atoms. The predicted octanol–water partition coefficient (Wildman–Crippen LogP) is 3.31. The molecule has 1 amide bonds. The van der Waals surface area contributed by atoms with E-state index in [0.29, 0.717) is 18.8 Å². The van der Waals surface area contributed by atoms with E-state index in [0.717, 1.165) is 42.1 Å². The molecule has 1 aromatic carbocycles. The molecule has 1 saturated heterocycles. The number of pyridine rings is 1. The van der Waals surface area contributed by atoms with E-state index in [1.54, 1.807) is 12.1 Å². The second-order valence-electron chi connectivity index (χ2n) is 6.90. The first-order chi connectivity index (χ1) is 13.1. The fourth-order valence-electron chi connectivity index (χ4n) is 3.69. The maximum atomic E-state index is 13.3. The van der Waals surface area contributed by atoms with Gasteiger partial charge in [-0.05, 0) is 49.2 Å². The van der Waals surface area contributed by atoms with Gasteiger partial charge >= 0.3 is 0 Å². The minimum atomic E-state index is -0.234. The Labute approximate surface area is 158 Å². The molecule has 27 heavy (non-hydrogen) atoms. The molecule has 1 aliphatic heterocycles. The van der Waals surface area contributed by atoms with E-state index in [2.05, 4.69) is 9.88 Å². The van der Waals surface area contributed by atoms with Crippen molar-refractivity contribution in [3.8, 4) is 0 Å². The van der Waals surface area contributed by atoms with Crippen LogP contribution in [0.1, 0.15) is 28.7 Å². The van der Waals surface area contributed by atoms with Gasteiger partial charge in [0.1, 0.15) is 17.2 Å². The van der Waals surface area contributed by atoms with Crippen molar-refractivity contribution in [3.05, 3.63) is 65.4 Å². The SMILES string of the molecule is CCc1nc2c(C)cccn2c1C(=O)N1CCN(c2ccc(F)cc2)CC1. The van der Waals surface area contributed by atoms with Crippen molar-refractivity contribution < 1.29 is 9.18 Å². The molecule has 2 aromatic heterocycles. The zero-order chi connectivity index (χ0) is 19.0. The van der Waals surface area contributed by atoms with Gasteiger partial charge in [-0.2, -0.15) is 0 Å². The van der Waals surface area contributed by atoms with Crippen molar-refractivity contribution in [2.75, 3.05) is 31.1 Å². The lowest BCUT2D eigenvalue weighted by Crippen LogP contribution is -2.49. The fourth-order valence-corrected chi connectivity index (χ4v) is 3.69. The van der Waals surface area contributed by atoms with Crippen molar-refractivity contribution in [1.82, 2.24) is 14.3 Å². The van der Waals surface area contributed by atoms with Gasteiger partial charge in [0.15, 0.2) is 0 Å². The summed E-state index contributed by atoms with van der Waals surface area (Å²) in [6, 6.07) is 10.5. The lowest BCUT2D eigenvalue weighted by molar-refractivity contribution is 0.0738. The van der Waals surface area contributed by atoms with Gasteiger partial charge < -0.3 is 9.80 Å². The Morgan fingerprint density at radius 1 is 1.11 bits per heavy atom. The Morgan fingerprint density at radius 3 is 2.48 bits per heavy atom. The van der Waals surface area contributed by atoms with Gasteiger partial charge in [-0.25, -0.2) is 9.37 Å². The molecular formula is C21H23FN4O. The van der Waals surface area contributed by atoms with Gasteiger partial charge in [0, 0.05) is 38.1 Å². The molecule has 4 rings (SSSR count). The van der Waals surface area contributed by atoms with E-state index in [9.17, 15) is 9.18 Å². The third kappa shape index (κ3) is 3.16. The maximum absolute atomic E-state index is 13.3. The van der Waals surface area contributed by atoms with E-state index in [-0.39, 0.29) is 11.7 Å². The van der Waals surface area contributed by atoms with Crippen LogP contribution in [-0.4, -0.2) is 46.4 Å². The highest BCUT2D eigenvalue weighted by molar-refractivity contribution is 5.95. The van der Waals surface area contributed by atoms with E-state index in [1.807, 2.05) is 41.5 Å². The Bertz CT molecular complexity index is 972. The summed E-state index contributed by atoms with van der Waals surface area (Å²) in [5, 5.41) is 0. The topological polar surface area (TPSA) is 40.9 Å². The number of nitrogens with zero attached hydrogens (tertiary/aromatic N) is 4. The molecule has 0 saturated carbocycles. The van der Waals surface area contributed by atoms with Gasteiger partial charge in [0.2, 0.25) is 0 Å². The monoisotopic (exact) mass is 366 g/mol. The van der Waals surface area contributed by atoms with Crippen LogP contribution in [0.15, 0.2) is 42.6 Å². The number of fused-ring (bicyclic) bond motifs is 1. The average molecular weight is 366 g/mol. The molecule has 1 aliphatic rings. The lowest BCUT2D eigenvalue weighted by Gasteiger charge is -2.36. The number of carbonyl (C=O) groups excluding carboxylic acids is 1. The summed E-state index contributed by atoms with van der Waals surface area (Å²) in [6.07, 6.45) is 2.63. The molecule has 0 bridgehead atoms. The number of imidazole rings is 1. The van der Waals surface area contributed by atoms with Crippen LogP contribution in [0.3, 0.4) is 0 Å². The molecule has 0 unspecified atom stereocenters. The fraction of sp³-hybridized carbons (Fsp3) is 0.333. The van der Waals surface area contributed by atoms with E-state index >= 15 is 0 Å². The van der Waals surface area contributed by atoms with Crippen molar-refractivity contribution >= 4 is 17.2 Å². The molecule has 0 aliphatic carbocycles. The van der Waals surface area contributed by atoms with Crippen LogP contribution >= 0.6 is 0 Å². The minimum absolute atomic E-state index is 0.0312. The van der Waals surface area contributed by atoms with Gasteiger partial charge in [-0.1, -0.05) is 13.0 Å². The van der Waals surface area contributed by atoms with Gasteiger partial charge in [0.05, 0.1) is 5.69 Å². The first-order valence-electron chi connectivity index (χ1n) is 9.35. The summed E-state index contributed by atoms with van der Waals surface area (Å²) in [4.78, 5) is 22.0. The van der Waals surface area contributed by atoms with Crippen LogP contribution in [0, 0.1) is 12.7 Å². The number of anilines is 1. The predicted molar refractivity (Wildman–Crippen MR) is 104 cm³/mol. The van der Waals surface area contributed by atoms with Gasteiger partial charge in [-0.15, -0.1) is 0 Å². The van der Waals surface area contributed by atoms with Crippen LogP contribution < -0.4 is 4.90 Å². The molecule has 6 heteroatoms. The van der Waals surface area contributed by atoms with Crippen molar-refractivity contribution in [2.24, 2.45) is 0 Å². The van der Waals surface area contributed by atoms with E-state index in [4.69, 9.17) is 0 Å². The van der Waals surface area contributed by atoms with Crippen LogP contribution in [0.25, 0.3) is 5.65 Å². The van der Waals surface area contributed by atoms with Crippen LogP contribution in [-0.2, 0) is 6.42 Å². The second kappa shape index (κ2) is 7.02. The number of hydrogen-bond donors (Lipinski definition) is 0. The highest BCUT2D eigenvalue weighted by atomic mass is 19.1. The maximum Gasteiger partial charge on any atom is 0.272 e. The summed E-state index contributed by atoms with van der Waals surface area (Å²) in [7, 11) is 0. The number of piperazine rings is 1. The van der Waals surface area contributed by atoms with Crippen molar-refractivity contribution in [1.29, 1.82) is 0 Å². The molecule has 1 fully saturated rings. The van der Waals surface area contributed by atoms with Crippen LogP contribution in [0.2, 0.25) is 0 Å². The Balaban J connectivity index is 1.55. The number of amides is 1. The second-order valence-corrected chi connectivity index (χ2v) is 6.90. The zero-order valence-electron chi connectivity index (χ0n) is 15.7. The third-order valence-electron chi connectivity index (χ3n) is 5.21. The van der Waals surface area contributed by atoms with Crippen molar-refractivity contribution in [3.63, 3.8) is 0 Å². The summed E-state index contributed by atoms with van der Waals surface area (Å²) in [6.45, 7) is 6.78. The normalized spacial score (nSPS) is 14.8. The number of hydrogen-bond acceptors (Lipinski definition) is 3. The highest BCUT2D eigenvalue weighted by Gasteiger charge is 2.27.